The van der Waals surface area contributed by atoms with Gasteiger partial charge in [-0.3, -0.25) is 4.90 Å². The molecule has 0 spiro atoms. The first-order valence-corrected chi connectivity index (χ1v) is 12.8. The highest BCUT2D eigenvalue weighted by atomic mass is 32.2. The molecule has 2 saturated heterocycles. The summed E-state index contributed by atoms with van der Waals surface area (Å²) >= 11 is 0. The van der Waals surface area contributed by atoms with Crippen LogP contribution in [0, 0.1) is 12.7 Å². The molecule has 2 heterocycles. The summed E-state index contributed by atoms with van der Waals surface area (Å²) in [5.41, 5.74) is 0.250. The molecule has 3 rings (SSSR count). The van der Waals surface area contributed by atoms with Crippen LogP contribution < -0.4 is 0 Å². The molecule has 2 aliphatic heterocycles. The van der Waals surface area contributed by atoms with E-state index >= 15 is 0 Å². The van der Waals surface area contributed by atoms with Crippen LogP contribution in [-0.2, 0) is 24.4 Å². The van der Waals surface area contributed by atoms with Gasteiger partial charge in [-0.15, -0.1) is 0 Å². The molecular weight excluding hydrogens is 423 g/mol. The van der Waals surface area contributed by atoms with Crippen molar-refractivity contribution in [2.45, 2.75) is 30.0 Å². The minimum absolute atomic E-state index is 0.0452. The van der Waals surface area contributed by atoms with E-state index in [1.165, 1.54) is 17.9 Å². The molecule has 0 saturated carbocycles. The standard InChI is InChI=1S/C18H25FN2O6S2/c1-3-27-18(22)21-8-6-20(7-9-21)15-11-28(23,24)12-17(15)29(25,26)16-5-4-14(19)10-13(16)2/h4-5,10,15,17H,3,6-9,11-12H2,1-2H3/t15-,17-/m0/s1. The molecule has 1 amide bonds. The van der Waals surface area contributed by atoms with Gasteiger partial charge in [0, 0.05) is 32.2 Å². The fraction of sp³-hybridized carbons (Fsp3) is 0.611. The van der Waals surface area contributed by atoms with Gasteiger partial charge in [-0.2, -0.15) is 0 Å². The molecule has 29 heavy (non-hydrogen) atoms. The zero-order valence-corrected chi connectivity index (χ0v) is 18.0. The fourth-order valence-electron chi connectivity index (χ4n) is 3.98. The Morgan fingerprint density at radius 3 is 2.45 bits per heavy atom. The second-order valence-electron chi connectivity index (χ2n) is 7.36. The molecule has 2 atom stereocenters. The highest BCUT2D eigenvalue weighted by Gasteiger charge is 2.49. The van der Waals surface area contributed by atoms with Crippen molar-refractivity contribution in [3.63, 3.8) is 0 Å². The molecule has 2 fully saturated rings. The van der Waals surface area contributed by atoms with Gasteiger partial charge >= 0.3 is 6.09 Å². The Kier molecular flexibility index (Phi) is 6.21. The van der Waals surface area contributed by atoms with E-state index in [2.05, 4.69) is 0 Å². The summed E-state index contributed by atoms with van der Waals surface area (Å²) in [7, 11) is -7.53. The van der Waals surface area contributed by atoms with Crippen LogP contribution in [-0.4, -0.2) is 88.3 Å². The molecule has 0 aromatic heterocycles. The maximum Gasteiger partial charge on any atom is 0.409 e. The first-order valence-electron chi connectivity index (χ1n) is 9.41. The van der Waals surface area contributed by atoms with Crippen molar-refractivity contribution in [2.24, 2.45) is 0 Å². The molecular formula is C18H25FN2O6S2. The third-order valence-electron chi connectivity index (χ3n) is 5.42. The van der Waals surface area contributed by atoms with E-state index in [9.17, 15) is 26.0 Å². The van der Waals surface area contributed by atoms with Crippen LogP contribution in [0.3, 0.4) is 0 Å². The molecule has 1 aromatic carbocycles. The predicted molar refractivity (Wildman–Crippen MR) is 105 cm³/mol. The van der Waals surface area contributed by atoms with E-state index in [-0.39, 0.29) is 22.8 Å². The van der Waals surface area contributed by atoms with Gasteiger partial charge in [-0.05, 0) is 37.6 Å². The van der Waals surface area contributed by atoms with E-state index in [1.54, 1.807) is 6.92 Å². The van der Waals surface area contributed by atoms with E-state index in [1.807, 2.05) is 4.90 Å². The summed E-state index contributed by atoms with van der Waals surface area (Å²) < 4.78 is 69.6. The Hall–Kier alpha value is -1.72. The van der Waals surface area contributed by atoms with Gasteiger partial charge in [-0.25, -0.2) is 26.0 Å². The number of ether oxygens (including phenoxy) is 1. The molecule has 11 heteroatoms. The molecule has 0 radical (unpaired) electrons. The van der Waals surface area contributed by atoms with Crippen molar-refractivity contribution < 1.29 is 30.8 Å². The SMILES string of the molecule is CCOC(=O)N1CCN([C@H]2CS(=O)(=O)C[C@@H]2S(=O)(=O)c2ccc(F)cc2C)CC1. The van der Waals surface area contributed by atoms with Crippen molar-refractivity contribution in [3.05, 3.63) is 29.6 Å². The molecule has 8 nitrogen and oxygen atoms in total. The monoisotopic (exact) mass is 448 g/mol. The van der Waals surface area contributed by atoms with Crippen LogP contribution in [0.1, 0.15) is 12.5 Å². The topological polar surface area (TPSA) is 101 Å². The summed E-state index contributed by atoms with van der Waals surface area (Å²) in [6, 6.07) is 2.68. The molecule has 1 aromatic rings. The van der Waals surface area contributed by atoms with E-state index in [4.69, 9.17) is 4.74 Å². The number of rotatable bonds is 4. The van der Waals surface area contributed by atoms with Crippen LogP contribution in [0.25, 0.3) is 0 Å². The lowest BCUT2D eigenvalue weighted by molar-refractivity contribution is 0.0700. The van der Waals surface area contributed by atoms with E-state index in [0.29, 0.717) is 26.2 Å². The summed E-state index contributed by atoms with van der Waals surface area (Å²) in [4.78, 5) is 15.2. The number of nitrogens with zero attached hydrogens (tertiary/aromatic N) is 2. The second-order valence-corrected chi connectivity index (χ2v) is 11.6. The van der Waals surface area contributed by atoms with Crippen molar-refractivity contribution in [1.82, 2.24) is 9.80 Å². The average Bonchev–Trinajstić information content (AvgIpc) is 2.98. The Labute approximate surface area is 170 Å². The summed E-state index contributed by atoms with van der Waals surface area (Å²) in [5, 5.41) is -1.13. The molecule has 162 valence electrons. The molecule has 0 N–H and O–H groups in total. The number of carbonyl (C=O) groups is 1. The van der Waals surface area contributed by atoms with Gasteiger partial charge in [0.25, 0.3) is 0 Å². The minimum atomic E-state index is -3.99. The van der Waals surface area contributed by atoms with Gasteiger partial charge in [-0.1, -0.05) is 0 Å². The summed E-state index contributed by atoms with van der Waals surface area (Å²) in [6.45, 7) is 4.84. The molecule has 0 aliphatic carbocycles. The summed E-state index contributed by atoms with van der Waals surface area (Å²) in [5.74, 6) is -1.27. The van der Waals surface area contributed by atoms with Gasteiger partial charge in [0.15, 0.2) is 19.7 Å². The van der Waals surface area contributed by atoms with Crippen LogP contribution in [0.4, 0.5) is 9.18 Å². The maximum absolute atomic E-state index is 13.4. The minimum Gasteiger partial charge on any atom is -0.450 e. The lowest BCUT2D eigenvalue weighted by atomic mass is 10.2. The average molecular weight is 449 g/mol. The lowest BCUT2D eigenvalue weighted by Crippen LogP contribution is -2.56. The highest BCUT2D eigenvalue weighted by molar-refractivity contribution is 7.96. The largest absolute Gasteiger partial charge is 0.450 e. The Bertz CT molecular complexity index is 988. The van der Waals surface area contributed by atoms with Crippen LogP contribution in [0.2, 0.25) is 0 Å². The zero-order valence-electron chi connectivity index (χ0n) is 16.4. The van der Waals surface area contributed by atoms with Crippen molar-refractivity contribution >= 4 is 25.8 Å². The third-order valence-corrected chi connectivity index (χ3v) is 9.70. The van der Waals surface area contributed by atoms with Crippen molar-refractivity contribution in [1.29, 1.82) is 0 Å². The Morgan fingerprint density at radius 1 is 1.21 bits per heavy atom. The zero-order chi connectivity index (χ0) is 21.4. The Morgan fingerprint density at radius 2 is 1.86 bits per heavy atom. The van der Waals surface area contributed by atoms with Gasteiger partial charge < -0.3 is 9.64 Å². The van der Waals surface area contributed by atoms with Gasteiger partial charge in [0.2, 0.25) is 0 Å². The Balaban J connectivity index is 1.84. The number of aryl methyl sites for hydroxylation is 1. The number of sulfone groups is 2. The predicted octanol–water partition coefficient (Wildman–Crippen LogP) is 0.848. The number of carbonyl (C=O) groups excluding carboxylic acids is 1. The van der Waals surface area contributed by atoms with E-state index < -0.39 is 48.6 Å². The molecule has 2 aliphatic rings. The number of hydrogen-bond acceptors (Lipinski definition) is 7. The number of halogens is 1. The third kappa shape index (κ3) is 4.56. The first-order chi connectivity index (χ1) is 13.5. The number of benzene rings is 1. The fourth-order valence-corrected chi connectivity index (χ4v) is 9.04. The second kappa shape index (κ2) is 8.19. The number of amides is 1. The normalized spacial score (nSPS) is 25.1. The van der Waals surface area contributed by atoms with Gasteiger partial charge in [0.05, 0.1) is 28.3 Å². The smallest absolute Gasteiger partial charge is 0.409 e. The van der Waals surface area contributed by atoms with Crippen molar-refractivity contribution in [2.75, 3.05) is 44.3 Å². The highest BCUT2D eigenvalue weighted by Crippen LogP contribution is 2.31. The van der Waals surface area contributed by atoms with E-state index in [0.717, 1.165) is 12.1 Å². The number of piperazine rings is 1. The van der Waals surface area contributed by atoms with Gasteiger partial charge in [0.1, 0.15) is 5.82 Å². The first kappa shape index (κ1) is 22.0. The summed E-state index contributed by atoms with van der Waals surface area (Å²) in [6.07, 6.45) is -0.433. The number of hydrogen-bond donors (Lipinski definition) is 0. The molecule has 0 unspecified atom stereocenters. The van der Waals surface area contributed by atoms with Crippen LogP contribution >= 0.6 is 0 Å². The maximum atomic E-state index is 13.4. The van der Waals surface area contributed by atoms with Crippen molar-refractivity contribution in [3.8, 4) is 0 Å². The lowest BCUT2D eigenvalue weighted by Gasteiger charge is -2.38. The van der Waals surface area contributed by atoms with Crippen LogP contribution in [0.15, 0.2) is 23.1 Å². The molecule has 0 bridgehead atoms. The van der Waals surface area contributed by atoms with Crippen LogP contribution in [0.5, 0.6) is 0 Å². The quantitative estimate of drug-likeness (QED) is 0.630.